The number of hydrogen-bond donors (Lipinski definition) is 2. The van der Waals surface area contributed by atoms with E-state index in [0.717, 1.165) is 0 Å². The second kappa shape index (κ2) is 8.78. The normalized spacial score (nSPS) is 10.2. The van der Waals surface area contributed by atoms with Gasteiger partial charge in [0.15, 0.2) is 0 Å². The molecule has 0 aliphatic rings. The first kappa shape index (κ1) is 17.6. The van der Waals surface area contributed by atoms with Crippen molar-refractivity contribution < 1.29 is 19.1 Å². The molecule has 0 unspecified atom stereocenters. The van der Waals surface area contributed by atoms with Crippen molar-refractivity contribution in [3.05, 3.63) is 29.8 Å². The van der Waals surface area contributed by atoms with Crippen LogP contribution in [-0.4, -0.2) is 57.0 Å². The highest BCUT2D eigenvalue weighted by Crippen LogP contribution is 2.10. The van der Waals surface area contributed by atoms with E-state index in [2.05, 4.69) is 15.4 Å². The van der Waals surface area contributed by atoms with Crippen molar-refractivity contribution in [3.63, 3.8) is 0 Å². The number of benzene rings is 1. The predicted octanol–water partition coefficient (Wildman–Crippen LogP) is 0.480. The second-order valence-electron chi connectivity index (χ2n) is 4.95. The number of esters is 1. The fourth-order valence-electron chi connectivity index (χ4n) is 1.64. The maximum absolute atomic E-state index is 11.7. The van der Waals surface area contributed by atoms with Gasteiger partial charge in [-0.15, -0.1) is 0 Å². The fraction of sp³-hybridized carbons (Fsp3) is 0.400. The monoisotopic (exact) mass is 307 g/mol. The minimum Gasteiger partial charge on any atom is -0.465 e. The molecule has 0 atom stereocenters. The van der Waals surface area contributed by atoms with Crippen molar-refractivity contribution in [2.24, 2.45) is 0 Å². The summed E-state index contributed by atoms with van der Waals surface area (Å²) in [6, 6.07) is 6.24. The molecule has 7 nitrogen and oxygen atoms in total. The van der Waals surface area contributed by atoms with Crippen LogP contribution in [0.25, 0.3) is 0 Å². The zero-order valence-corrected chi connectivity index (χ0v) is 13.0. The van der Waals surface area contributed by atoms with E-state index in [1.807, 2.05) is 19.0 Å². The number of carbonyl (C=O) groups is 3. The summed E-state index contributed by atoms with van der Waals surface area (Å²) in [5.41, 5.74) is 0.903. The van der Waals surface area contributed by atoms with E-state index in [1.165, 1.54) is 7.11 Å². The Morgan fingerprint density at radius 1 is 1.09 bits per heavy atom. The van der Waals surface area contributed by atoms with Gasteiger partial charge in [-0.1, -0.05) is 0 Å². The number of amides is 2. The summed E-state index contributed by atoms with van der Waals surface area (Å²) in [6.45, 7) is 1.20. The first-order valence-corrected chi connectivity index (χ1v) is 6.82. The molecule has 0 spiro atoms. The third-order valence-electron chi connectivity index (χ3n) is 2.79. The largest absolute Gasteiger partial charge is 0.465 e. The third kappa shape index (κ3) is 6.36. The van der Waals surface area contributed by atoms with Gasteiger partial charge in [-0.3, -0.25) is 9.59 Å². The molecule has 7 heteroatoms. The zero-order chi connectivity index (χ0) is 16.5. The van der Waals surface area contributed by atoms with Gasteiger partial charge in [-0.05, 0) is 38.4 Å². The number of methoxy groups -OCH3 is 1. The molecule has 22 heavy (non-hydrogen) atoms. The summed E-state index contributed by atoms with van der Waals surface area (Å²) in [4.78, 5) is 36.5. The number of carbonyl (C=O) groups excluding carboxylic acids is 3. The lowest BCUT2D eigenvalue weighted by atomic mass is 10.2. The van der Waals surface area contributed by atoms with Crippen LogP contribution < -0.4 is 10.6 Å². The van der Waals surface area contributed by atoms with E-state index in [0.29, 0.717) is 24.3 Å². The van der Waals surface area contributed by atoms with Crippen molar-refractivity contribution in [1.29, 1.82) is 0 Å². The van der Waals surface area contributed by atoms with Gasteiger partial charge in [-0.25, -0.2) is 4.79 Å². The van der Waals surface area contributed by atoms with Crippen LogP contribution in [0.1, 0.15) is 16.8 Å². The van der Waals surface area contributed by atoms with Gasteiger partial charge in [0.2, 0.25) is 11.8 Å². The van der Waals surface area contributed by atoms with E-state index < -0.39 is 11.9 Å². The number of rotatable bonds is 7. The lowest BCUT2D eigenvalue weighted by Gasteiger charge is -2.10. The molecule has 0 aromatic heterocycles. The van der Waals surface area contributed by atoms with Crippen LogP contribution in [0.5, 0.6) is 0 Å². The lowest BCUT2D eigenvalue weighted by molar-refractivity contribution is -0.126. The Hall–Kier alpha value is -2.41. The van der Waals surface area contributed by atoms with Crippen molar-refractivity contribution in [2.45, 2.75) is 6.42 Å². The Morgan fingerprint density at radius 2 is 1.73 bits per heavy atom. The molecular formula is C15H21N3O4. The molecule has 0 saturated carbocycles. The van der Waals surface area contributed by atoms with Crippen LogP contribution in [-0.2, 0) is 14.3 Å². The molecule has 1 aromatic rings. The second-order valence-corrected chi connectivity index (χ2v) is 4.95. The highest BCUT2D eigenvalue weighted by molar-refractivity contribution is 6.03. The summed E-state index contributed by atoms with van der Waals surface area (Å²) in [5.74, 6) is -1.18. The van der Waals surface area contributed by atoms with Crippen LogP contribution in [0.3, 0.4) is 0 Å². The smallest absolute Gasteiger partial charge is 0.337 e. The number of likely N-dealkylation sites (N-methyl/N-ethyl adjacent to an activating group) is 1. The van der Waals surface area contributed by atoms with Gasteiger partial charge < -0.3 is 20.3 Å². The Balaban J connectivity index is 2.41. The number of anilines is 1. The van der Waals surface area contributed by atoms with Gasteiger partial charge in [0, 0.05) is 18.8 Å². The molecule has 0 heterocycles. The van der Waals surface area contributed by atoms with Crippen LogP contribution in [0.4, 0.5) is 5.69 Å². The Kier molecular flexibility index (Phi) is 7.04. The van der Waals surface area contributed by atoms with Crippen molar-refractivity contribution in [2.75, 3.05) is 39.6 Å². The molecule has 0 aliphatic heterocycles. The number of hydrogen-bond acceptors (Lipinski definition) is 5. The standard InChI is InChI=1S/C15H21N3O4/c1-18(2)9-8-16-13(19)10-14(20)17-12-6-4-11(5-7-12)15(21)22-3/h4-7H,8-10H2,1-3H3,(H,16,19)(H,17,20). The molecule has 0 fully saturated rings. The molecule has 0 saturated heterocycles. The highest BCUT2D eigenvalue weighted by Gasteiger charge is 2.10. The van der Waals surface area contributed by atoms with Gasteiger partial charge >= 0.3 is 5.97 Å². The summed E-state index contributed by atoms with van der Waals surface area (Å²) in [6.07, 6.45) is -0.244. The third-order valence-corrected chi connectivity index (χ3v) is 2.79. The Labute approximate surface area is 129 Å². The molecule has 2 amide bonds. The predicted molar refractivity (Wildman–Crippen MR) is 82.6 cm³/mol. The Bertz CT molecular complexity index is 526. The molecule has 1 rings (SSSR count). The molecule has 2 N–H and O–H groups in total. The van der Waals surface area contributed by atoms with Crippen LogP contribution in [0, 0.1) is 0 Å². The van der Waals surface area contributed by atoms with E-state index in [1.54, 1.807) is 24.3 Å². The fourth-order valence-corrected chi connectivity index (χ4v) is 1.64. The molecule has 0 bridgehead atoms. The van der Waals surface area contributed by atoms with Crippen molar-refractivity contribution >= 4 is 23.5 Å². The SMILES string of the molecule is COC(=O)c1ccc(NC(=O)CC(=O)NCCN(C)C)cc1. The van der Waals surface area contributed by atoms with Crippen LogP contribution in [0.2, 0.25) is 0 Å². The van der Waals surface area contributed by atoms with Gasteiger partial charge in [-0.2, -0.15) is 0 Å². The summed E-state index contributed by atoms with van der Waals surface area (Å²) in [7, 11) is 5.10. The minimum atomic E-state index is -0.446. The van der Waals surface area contributed by atoms with Gasteiger partial charge in [0.25, 0.3) is 0 Å². The molecule has 0 radical (unpaired) electrons. The van der Waals surface area contributed by atoms with Crippen molar-refractivity contribution in [1.82, 2.24) is 10.2 Å². The maximum Gasteiger partial charge on any atom is 0.337 e. The summed E-state index contributed by atoms with van der Waals surface area (Å²) >= 11 is 0. The molecule has 0 aliphatic carbocycles. The van der Waals surface area contributed by atoms with E-state index in [4.69, 9.17) is 0 Å². The van der Waals surface area contributed by atoms with Crippen molar-refractivity contribution in [3.8, 4) is 0 Å². The topological polar surface area (TPSA) is 87.7 Å². The zero-order valence-electron chi connectivity index (χ0n) is 13.0. The minimum absolute atomic E-state index is 0.244. The number of nitrogens with one attached hydrogen (secondary N) is 2. The number of ether oxygens (including phenoxy) is 1. The lowest BCUT2D eigenvalue weighted by Crippen LogP contribution is -2.33. The first-order valence-electron chi connectivity index (χ1n) is 6.82. The maximum atomic E-state index is 11.7. The summed E-state index contributed by atoms with van der Waals surface area (Å²) < 4.78 is 4.58. The molecule has 120 valence electrons. The number of nitrogens with zero attached hydrogens (tertiary/aromatic N) is 1. The average Bonchev–Trinajstić information content (AvgIpc) is 2.46. The van der Waals surface area contributed by atoms with Crippen LogP contribution in [0.15, 0.2) is 24.3 Å². The first-order chi connectivity index (χ1) is 10.4. The Morgan fingerprint density at radius 3 is 2.27 bits per heavy atom. The highest BCUT2D eigenvalue weighted by atomic mass is 16.5. The average molecular weight is 307 g/mol. The summed E-state index contributed by atoms with van der Waals surface area (Å²) in [5, 5.41) is 5.25. The van der Waals surface area contributed by atoms with Gasteiger partial charge in [0.05, 0.1) is 12.7 Å². The van der Waals surface area contributed by atoms with E-state index in [-0.39, 0.29) is 12.3 Å². The van der Waals surface area contributed by atoms with Gasteiger partial charge in [0.1, 0.15) is 6.42 Å². The van der Waals surface area contributed by atoms with E-state index >= 15 is 0 Å². The van der Waals surface area contributed by atoms with Crippen LogP contribution >= 0.6 is 0 Å². The quantitative estimate of drug-likeness (QED) is 0.565. The molecular weight excluding hydrogens is 286 g/mol. The van der Waals surface area contributed by atoms with E-state index in [9.17, 15) is 14.4 Å². The molecule has 1 aromatic carbocycles.